The van der Waals surface area contributed by atoms with E-state index in [0.29, 0.717) is 11.7 Å². The minimum atomic E-state index is -1.07. The maximum absolute atomic E-state index is 13.3. The second kappa shape index (κ2) is 8.81. The van der Waals surface area contributed by atoms with Crippen LogP contribution >= 0.6 is 0 Å². The van der Waals surface area contributed by atoms with E-state index in [4.69, 9.17) is 4.98 Å². The third-order valence-electron chi connectivity index (χ3n) is 7.12. The molecule has 0 aliphatic heterocycles. The van der Waals surface area contributed by atoms with Gasteiger partial charge in [0.15, 0.2) is 5.78 Å². The number of aryl methyl sites for hydroxylation is 1. The van der Waals surface area contributed by atoms with Crippen LogP contribution in [0.1, 0.15) is 60.6 Å². The van der Waals surface area contributed by atoms with Crippen molar-refractivity contribution in [2.24, 2.45) is 5.92 Å². The Hall–Kier alpha value is -3.47. The van der Waals surface area contributed by atoms with Gasteiger partial charge in [-0.3, -0.25) is 9.59 Å². The van der Waals surface area contributed by atoms with Crippen molar-refractivity contribution < 1.29 is 14.7 Å². The predicted octanol–water partition coefficient (Wildman–Crippen LogP) is 6.22. The summed E-state index contributed by atoms with van der Waals surface area (Å²) in [6.07, 6.45) is 3.44. The van der Waals surface area contributed by atoms with E-state index < -0.39 is 18.3 Å². The lowest BCUT2D eigenvalue weighted by Gasteiger charge is -2.33. The zero-order chi connectivity index (χ0) is 22.9. The molecule has 33 heavy (non-hydrogen) atoms. The largest absolute Gasteiger partial charge is 0.481 e. The Labute approximate surface area is 193 Å². The number of nitrogens with zero attached hydrogens (tertiary/aromatic N) is 1. The summed E-state index contributed by atoms with van der Waals surface area (Å²) in [5.74, 6) is -0.398. The van der Waals surface area contributed by atoms with Crippen LogP contribution in [-0.2, 0) is 9.59 Å². The molecule has 0 saturated heterocycles. The Morgan fingerprint density at radius 1 is 1.00 bits per heavy atom. The number of carbonyl (C=O) groups is 2. The maximum atomic E-state index is 13.3. The van der Waals surface area contributed by atoms with Gasteiger partial charge in [0.05, 0.1) is 5.69 Å². The molecule has 2 N–H and O–H groups in total. The van der Waals surface area contributed by atoms with Crippen molar-refractivity contribution in [3.05, 3.63) is 77.4 Å². The molecule has 3 aromatic rings. The average Bonchev–Trinajstić information content (AvgIpc) is 2.86. The van der Waals surface area contributed by atoms with Gasteiger partial charge in [-0.2, -0.15) is 0 Å². The summed E-state index contributed by atoms with van der Waals surface area (Å²) in [6.45, 7) is 2.05. The molecule has 1 aromatic heterocycles. The van der Waals surface area contributed by atoms with E-state index in [0.717, 1.165) is 53.8 Å². The second-order valence-corrected chi connectivity index (χ2v) is 9.38. The smallest absolute Gasteiger partial charge is 0.310 e. The Morgan fingerprint density at radius 3 is 2.45 bits per heavy atom. The Bertz CT molecular complexity index is 1190. The number of carboxylic acids is 1. The summed E-state index contributed by atoms with van der Waals surface area (Å²) in [4.78, 5) is 29.6. The molecule has 5 aliphatic rings. The molecule has 1 atom stereocenters. The number of hydrogen-bond donors (Lipinski definition) is 2. The third-order valence-corrected chi connectivity index (χ3v) is 7.12. The highest BCUT2D eigenvalue weighted by molar-refractivity contribution is 5.99. The van der Waals surface area contributed by atoms with Crippen molar-refractivity contribution in [1.82, 2.24) is 4.98 Å². The predicted molar refractivity (Wildman–Crippen MR) is 129 cm³/mol. The SMILES string of the molecule is Cc1cccc(Nc2ccc3c(n2)-c2ccc(cc2)C2CCC(CC2)C3C(=O)CC(=O)O)c1. The molecule has 0 spiro atoms. The van der Waals surface area contributed by atoms with Gasteiger partial charge >= 0.3 is 5.97 Å². The topological polar surface area (TPSA) is 79.3 Å². The molecule has 5 heteroatoms. The molecule has 8 rings (SSSR count). The molecule has 1 heterocycles. The number of nitrogens with one attached hydrogen (secondary N) is 1. The Balaban J connectivity index is 1.63. The number of aliphatic carboxylic acids is 1. The number of benzene rings is 2. The molecule has 4 bridgehead atoms. The second-order valence-electron chi connectivity index (χ2n) is 9.38. The molecule has 1 saturated carbocycles. The fraction of sp³-hybridized carbons (Fsp3) is 0.321. The van der Waals surface area contributed by atoms with E-state index in [1.165, 1.54) is 5.56 Å². The molecule has 168 valence electrons. The highest BCUT2D eigenvalue weighted by atomic mass is 16.4. The minimum absolute atomic E-state index is 0.142. The van der Waals surface area contributed by atoms with Crippen LogP contribution in [0.15, 0.2) is 60.7 Å². The van der Waals surface area contributed by atoms with Crippen molar-refractivity contribution in [3.63, 3.8) is 0 Å². The third kappa shape index (κ3) is 4.40. The van der Waals surface area contributed by atoms with Crippen LogP contribution in [0, 0.1) is 12.8 Å². The van der Waals surface area contributed by atoms with Gasteiger partial charge in [-0.25, -0.2) is 4.98 Å². The monoisotopic (exact) mass is 440 g/mol. The Kier molecular flexibility index (Phi) is 5.71. The first kappa shape index (κ1) is 21.4. The average molecular weight is 441 g/mol. The van der Waals surface area contributed by atoms with Crippen LogP contribution in [0.25, 0.3) is 11.3 Å². The number of pyridine rings is 1. The zero-order valence-electron chi connectivity index (χ0n) is 18.8. The number of aromatic nitrogens is 1. The van der Waals surface area contributed by atoms with Gasteiger partial charge in [0.25, 0.3) is 0 Å². The van der Waals surface area contributed by atoms with Crippen LogP contribution in [0.2, 0.25) is 0 Å². The quantitative estimate of drug-likeness (QED) is 0.461. The van der Waals surface area contributed by atoms with Crippen molar-refractivity contribution >= 4 is 23.3 Å². The molecule has 1 unspecified atom stereocenters. The summed E-state index contributed by atoms with van der Waals surface area (Å²) in [5, 5.41) is 12.7. The zero-order valence-corrected chi connectivity index (χ0v) is 18.8. The Morgan fingerprint density at radius 2 is 1.76 bits per heavy atom. The molecule has 0 amide bonds. The lowest BCUT2D eigenvalue weighted by atomic mass is 9.70. The van der Waals surface area contributed by atoms with E-state index in [1.807, 2.05) is 37.3 Å². The van der Waals surface area contributed by atoms with Crippen molar-refractivity contribution in [3.8, 4) is 11.3 Å². The van der Waals surface area contributed by atoms with Crippen molar-refractivity contribution in [2.75, 3.05) is 5.32 Å². The highest BCUT2D eigenvalue weighted by Gasteiger charge is 2.36. The molecule has 5 nitrogen and oxygen atoms in total. The van der Waals surface area contributed by atoms with Gasteiger partial charge in [0.2, 0.25) is 0 Å². The van der Waals surface area contributed by atoms with Gasteiger partial charge in [0.1, 0.15) is 12.2 Å². The fourth-order valence-corrected chi connectivity index (χ4v) is 5.54. The number of carbonyl (C=O) groups excluding carboxylic acids is 1. The number of Topliss-reactive ketones (excluding diaryl/α,β-unsaturated/α-hetero) is 1. The molecule has 0 radical (unpaired) electrons. The lowest BCUT2D eigenvalue weighted by Crippen LogP contribution is -2.27. The first-order valence-corrected chi connectivity index (χ1v) is 11.7. The van der Waals surface area contributed by atoms with E-state index in [2.05, 4.69) is 35.6 Å². The van der Waals surface area contributed by atoms with E-state index in [1.54, 1.807) is 0 Å². The van der Waals surface area contributed by atoms with Gasteiger partial charge in [-0.15, -0.1) is 0 Å². The summed E-state index contributed by atoms with van der Waals surface area (Å²) < 4.78 is 0. The molecule has 2 aromatic carbocycles. The summed E-state index contributed by atoms with van der Waals surface area (Å²) >= 11 is 0. The summed E-state index contributed by atoms with van der Waals surface area (Å²) in [5.41, 5.74) is 5.99. The van der Waals surface area contributed by atoms with Gasteiger partial charge < -0.3 is 10.4 Å². The standard InChI is InChI=1S/C28H28N2O3/c1-17-3-2-4-22(15-17)29-25-14-13-23-27(24(31)16-26(32)33)20-9-5-18(6-10-20)19-7-11-21(12-8-19)28(23)30-25/h2-4,7-8,11-15,18,20,27H,5-6,9-10,16H2,1H3,(H,29,30)(H,32,33). The van der Waals surface area contributed by atoms with Crippen molar-refractivity contribution in [1.29, 1.82) is 0 Å². The normalized spacial score (nSPS) is 21.2. The van der Waals surface area contributed by atoms with Crippen LogP contribution in [-0.4, -0.2) is 21.8 Å². The first-order chi connectivity index (χ1) is 16.0. The van der Waals surface area contributed by atoms with E-state index in [9.17, 15) is 14.7 Å². The van der Waals surface area contributed by atoms with Gasteiger partial charge in [0, 0.05) is 17.2 Å². The van der Waals surface area contributed by atoms with Crippen LogP contribution in [0.5, 0.6) is 0 Å². The number of ketones is 1. The van der Waals surface area contributed by atoms with Crippen LogP contribution < -0.4 is 5.32 Å². The molecular weight excluding hydrogens is 412 g/mol. The number of carboxylic acid groups (broad SMARTS) is 1. The first-order valence-electron chi connectivity index (χ1n) is 11.7. The van der Waals surface area contributed by atoms with Crippen LogP contribution in [0.4, 0.5) is 11.5 Å². The van der Waals surface area contributed by atoms with Gasteiger partial charge in [-0.05, 0) is 79.3 Å². The number of hydrogen-bond acceptors (Lipinski definition) is 4. The van der Waals surface area contributed by atoms with E-state index >= 15 is 0 Å². The van der Waals surface area contributed by atoms with Gasteiger partial charge in [-0.1, -0.05) is 42.5 Å². The van der Waals surface area contributed by atoms with E-state index in [-0.39, 0.29) is 11.7 Å². The molecular formula is C28H28N2O3. The number of anilines is 2. The maximum Gasteiger partial charge on any atom is 0.310 e. The lowest BCUT2D eigenvalue weighted by molar-refractivity contribution is -0.140. The highest BCUT2D eigenvalue weighted by Crippen LogP contribution is 2.46. The molecule has 1 fully saturated rings. The number of rotatable bonds is 5. The minimum Gasteiger partial charge on any atom is -0.481 e. The molecule has 5 aliphatic carbocycles. The summed E-state index contributed by atoms with van der Waals surface area (Å²) in [7, 11) is 0. The summed E-state index contributed by atoms with van der Waals surface area (Å²) in [6, 6.07) is 20.5. The van der Waals surface area contributed by atoms with Crippen LogP contribution in [0.3, 0.4) is 0 Å². The van der Waals surface area contributed by atoms with Crippen molar-refractivity contribution in [2.45, 2.75) is 50.9 Å². The fourth-order valence-electron chi connectivity index (χ4n) is 5.54.